The number of aromatic nitrogens is 2. The molecule has 0 spiro atoms. The third-order valence-electron chi connectivity index (χ3n) is 7.06. The number of nitrogens with zero attached hydrogens (tertiary/aromatic N) is 3. The number of nitrogens with one attached hydrogen (secondary N) is 1. The van der Waals surface area contributed by atoms with Crippen LogP contribution in [-0.2, 0) is 0 Å². The van der Waals surface area contributed by atoms with E-state index in [9.17, 15) is 107 Å². The molecule has 1 aliphatic heterocycles. The van der Waals surface area contributed by atoms with Gasteiger partial charge in [-0.2, -0.15) is 10.0 Å². The van der Waals surface area contributed by atoms with Gasteiger partial charge < -0.3 is 102 Å². The van der Waals surface area contributed by atoms with Gasteiger partial charge in [-0.05, 0) is 15.9 Å². The van der Waals surface area contributed by atoms with Gasteiger partial charge in [0.1, 0.15) is 9.99 Å². The van der Waals surface area contributed by atoms with Crippen LogP contribution in [-0.4, -0.2) is 147 Å². The Kier molecular flexibility index (Phi) is 8.12. The van der Waals surface area contributed by atoms with Gasteiger partial charge in [-0.25, -0.2) is 14.4 Å². The number of hydrogen-bond donors (Lipinski definition) is 20. The number of ether oxygens (including phenoxy) is 1. The van der Waals surface area contributed by atoms with Crippen molar-refractivity contribution in [2.24, 2.45) is 0 Å². The highest BCUT2D eigenvalue weighted by Crippen LogP contribution is 2.57. The van der Waals surface area contributed by atoms with Crippen molar-refractivity contribution in [3.8, 4) is 40.2 Å². The van der Waals surface area contributed by atoms with Crippen LogP contribution >= 0.6 is 15.9 Å². The minimum absolute atomic E-state index is 0.648. The molecule has 0 bridgehead atoms. The van der Waals surface area contributed by atoms with Gasteiger partial charge in [-0.1, -0.05) is 5.06 Å². The number of aromatic hydroxyl groups is 5. The number of halogens is 2. The molecule has 0 aliphatic carbocycles. The van der Waals surface area contributed by atoms with Gasteiger partial charge in [0.05, 0.1) is 5.39 Å². The fourth-order valence-electron chi connectivity index (χ4n) is 4.49. The van der Waals surface area contributed by atoms with Crippen LogP contribution in [0.15, 0.2) is 9.27 Å². The van der Waals surface area contributed by atoms with Crippen molar-refractivity contribution in [3.05, 3.63) is 20.8 Å². The van der Waals surface area contributed by atoms with E-state index in [0.29, 0.717) is 0 Å². The van der Waals surface area contributed by atoms with Crippen LogP contribution in [0.1, 0.15) is 0 Å². The summed E-state index contributed by atoms with van der Waals surface area (Å²) in [5.74, 6) is -42.2. The molecule has 48 heavy (non-hydrogen) atoms. The number of phenols is 5. The first kappa shape index (κ1) is 36.6. The summed E-state index contributed by atoms with van der Waals surface area (Å²) >= 11 is 2.51. The van der Waals surface area contributed by atoms with Crippen LogP contribution in [0, 0.1) is 5.82 Å². The molecule has 1 saturated heterocycles. The fourth-order valence-corrected chi connectivity index (χ4v) is 4.85. The minimum Gasteiger partial charge on any atom is -0.504 e. The zero-order valence-electron chi connectivity index (χ0n) is 22.3. The highest BCUT2D eigenvalue weighted by molar-refractivity contribution is 9.10. The Morgan fingerprint density at radius 3 is 1.81 bits per heavy atom. The third kappa shape index (κ3) is 4.26. The molecule has 0 saturated carbocycles. The van der Waals surface area contributed by atoms with E-state index in [0.717, 1.165) is 0 Å². The van der Waals surface area contributed by atoms with E-state index in [1.54, 1.807) is 4.98 Å². The molecular weight excluding hydrogens is 747 g/mol. The van der Waals surface area contributed by atoms with Crippen molar-refractivity contribution in [2.45, 2.75) is 35.0 Å². The summed E-state index contributed by atoms with van der Waals surface area (Å²) in [5, 5.41) is 190. The molecule has 2 aromatic carbocycles. The van der Waals surface area contributed by atoms with Crippen LogP contribution in [0.25, 0.3) is 10.9 Å². The van der Waals surface area contributed by atoms with Gasteiger partial charge in [0.25, 0.3) is 22.9 Å². The van der Waals surface area contributed by atoms with Gasteiger partial charge in [0, 0.05) is 0 Å². The smallest absolute Gasteiger partial charge is 0.364 e. The van der Waals surface area contributed by atoms with E-state index in [1.165, 1.54) is 0 Å². The maximum Gasteiger partial charge on any atom is 0.364 e. The van der Waals surface area contributed by atoms with Gasteiger partial charge >= 0.3 is 23.5 Å². The average molecular weight is 767 g/mol. The van der Waals surface area contributed by atoms with Crippen molar-refractivity contribution < 1.29 is 111 Å². The normalized spacial score (nSPS) is 19.7. The molecule has 26 nitrogen and oxygen atoms in total. The van der Waals surface area contributed by atoms with Crippen molar-refractivity contribution in [1.82, 2.24) is 15.0 Å². The number of aromatic amines is 1. The highest BCUT2D eigenvalue weighted by atomic mass is 79.9. The van der Waals surface area contributed by atoms with Gasteiger partial charge in [0.2, 0.25) is 5.75 Å². The van der Waals surface area contributed by atoms with Crippen molar-refractivity contribution in [3.63, 3.8) is 0 Å². The second kappa shape index (κ2) is 10.6. The quantitative estimate of drug-likeness (QED) is 0.0365. The molecule has 0 unspecified atom stereocenters. The van der Waals surface area contributed by atoms with E-state index in [2.05, 4.69) is 30.5 Å². The molecule has 2 heterocycles. The Balaban J connectivity index is 2.04. The molecule has 4 rings (SSSR count). The molecular formula is C20H20BrFN4O22. The van der Waals surface area contributed by atoms with Gasteiger partial charge in [-0.15, -0.1) is 0 Å². The van der Waals surface area contributed by atoms with E-state index < -0.39 is 124 Å². The number of rotatable bonds is 6. The van der Waals surface area contributed by atoms with E-state index in [4.69, 9.17) is 0 Å². The van der Waals surface area contributed by atoms with E-state index in [-0.39, 0.29) is 0 Å². The maximum atomic E-state index is 14.9. The summed E-state index contributed by atoms with van der Waals surface area (Å²) in [6, 6.07) is 0. The van der Waals surface area contributed by atoms with Crippen LogP contribution in [0.4, 0.5) is 15.9 Å². The molecule has 20 N–H and O–H groups in total. The second-order valence-corrected chi connectivity index (χ2v) is 10.5. The number of fused-ring (bicyclic) bond motifs is 1. The Bertz CT molecular complexity index is 1840. The van der Waals surface area contributed by atoms with E-state index >= 15 is 0 Å². The molecule has 3 aromatic rings. The number of H-pyrrole nitrogens is 1. The average Bonchev–Trinajstić information content (AvgIpc) is 2.99. The summed E-state index contributed by atoms with van der Waals surface area (Å²) in [4.78, 5) is 20.9. The largest absolute Gasteiger partial charge is 0.504 e. The lowest BCUT2D eigenvalue weighted by atomic mass is 9.73. The number of benzene rings is 2. The minimum atomic E-state index is -5.61. The molecule has 0 radical (unpaired) electrons. The zero-order chi connectivity index (χ0) is 37.1. The van der Waals surface area contributed by atoms with E-state index in [1.807, 2.05) is 0 Å². The first-order valence-electron chi connectivity index (χ1n) is 11.7. The van der Waals surface area contributed by atoms with Gasteiger partial charge in [-0.3, -0.25) is 5.21 Å². The Labute approximate surface area is 266 Å². The first-order valence-corrected chi connectivity index (χ1v) is 12.5. The summed E-state index contributed by atoms with van der Waals surface area (Å²) < 4.78 is 18.3. The second-order valence-electron chi connectivity index (χ2n) is 9.74. The topological polar surface area (TPSA) is 455 Å². The summed E-state index contributed by atoms with van der Waals surface area (Å²) in [5.41, 5.74) is -10.3. The Morgan fingerprint density at radius 2 is 1.33 bits per heavy atom. The monoisotopic (exact) mass is 766 g/mol. The number of piperidine rings is 1. The third-order valence-corrected chi connectivity index (χ3v) is 7.81. The van der Waals surface area contributed by atoms with Crippen LogP contribution in [0.2, 0.25) is 0 Å². The van der Waals surface area contributed by atoms with Crippen molar-refractivity contribution >= 4 is 38.3 Å². The number of hydroxylamine groups is 2. The lowest BCUT2D eigenvalue weighted by Crippen LogP contribution is -2.97. The Morgan fingerprint density at radius 1 is 0.833 bits per heavy atom. The molecule has 266 valence electrons. The zero-order valence-corrected chi connectivity index (χ0v) is 23.9. The number of hydrogen-bond acceptors (Lipinski definition) is 25. The van der Waals surface area contributed by atoms with Crippen molar-refractivity contribution in [1.29, 1.82) is 0 Å². The van der Waals surface area contributed by atoms with Crippen molar-refractivity contribution in [2.75, 3.05) is 5.06 Å². The SMILES string of the molecule is O=c1nc(N(O)c2c(O)c(O)c(Br)c(O)c2F)c2c(O)c(OO)c(OC(O)(O)C3(O)C(O)(O)C(O)(O)N(O)C(O)(O)C3(O)O)c(O)c2[nH]1. The van der Waals surface area contributed by atoms with Crippen LogP contribution in [0.5, 0.6) is 40.2 Å². The Hall–Kier alpha value is -4.21. The highest BCUT2D eigenvalue weighted by Gasteiger charge is 2.92. The summed E-state index contributed by atoms with van der Waals surface area (Å²) in [6.45, 7) is 0. The predicted octanol–water partition coefficient (Wildman–Crippen LogP) is -6.18. The standard InChI is InChI=1S/C20H20BrFN4O22/c21-2-7(28)3(22)5(10(31)8(2)29)25(44)13-1-4(23-14(32)24-13)9(30)11(12(48-46)6(1)27)47-20(42,43)15(33)16(34,35)18(38,39)26(45)19(40,41)17(15,36)37/h27-31,33-46H,(H,23,24,32). The van der Waals surface area contributed by atoms with Crippen LogP contribution < -0.4 is 20.4 Å². The maximum absolute atomic E-state index is 14.9. The predicted molar refractivity (Wildman–Crippen MR) is 137 cm³/mol. The summed E-state index contributed by atoms with van der Waals surface area (Å²) in [6.07, 6.45) is 0. The number of phenolic OH excluding ortho intramolecular Hbond substituents is 5. The first-order chi connectivity index (χ1) is 21.6. The van der Waals surface area contributed by atoms with Gasteiger partial charge in [0.15, 0.2) is 46.1 Å². The molecule has 1 aromatic heterocycles. The number of anilines is 2. The number of aliphatic hydroxyl groups is 11. The molecule has 1 aliphatic rings. The molecule has 0 atom stereocenters. The molecule has 1 fully saturated rings. The lowest BCUT2D eigenvalue weighted by Gasteiger charge is -2.62. The van der Waals surface area contributed by atoms with Crippen LogP contribution in [0.3, 0.4) is 0 Å². The molecule has 0 amide bonds. The fraction of sp³-hybridized carbons (Fsp3) is 0.300. The lowest BCUT2D eigenvalue weighted by molar-refractivity contribution is -0.660. The molecule has 28 heteroatoms. The summed E-state index contributed by atoms with van der Waals surface area (Å²) in [7, 11) is 0.